The van der Waals surface area contributed by atoms with Gasteiger partial charge in [-0.05, 0) is 75.7 Å². The quantitative estimate of drug-likeness (QED) is 0.595. The molecule has 1 saturated heterocycles. The molecule has 174 valence electrons. The second kappa shape index (κ2) is 10.5. The highest BCUT2D eigenvalue weighted by atomic mass is 32.2. The van der Waals surface area contributed by atoms with Crippen LogP contribution in [0.25, 0.3) is 0 Å². The zero-order chi connectivity index (χ0) is 23.3. The number of sulfonamides is 1. The van der Waals surface area contributed by atoms with Crippen molar-refractivity contribution in [3.8, 4) is 0 Å². The monoisotopic (exact) mass is 458 g/mol. The number of anilines is 1. The van der Waals surface area contributed by atoms with Crippen LogP contribution in [0.5, 0.6) is 0 Å². The summed E-state index contributed by atoms with van der Waals surface area (Å²) in [6, 6.07) is 10.3. The molecule has 1 aliphatic rings. The van der Waals surface area contributed by atoms with Crippen LogP contribution in [0.3, 0.4) is 0 Å². The molecule has 3 rings (SSSR count). The summed E-state index contributed by atoms with van der Waals surface area (Å²) >= 11 is 0. The minimum Gasteiger partial charge on any atom is -0.352 e. The number of piperazine rings is 1. The summed E-state index contributed by atoms with van der Waals surface area (Å²) < 4.78 is 28.8. The Morgan fingerprint density at radius 1 is 1.00 bits per heavy atom. The van der Waals surface area contributed by atoms with E-state index in [1.165, 1.54) is 6.07 Å². The van der Waals surface area contributed by atoms with Crippen molar-refractivity contribution in [1.82, 2.24) is 15.1 Å². The molecule has 1 amide bonds. The van der Waals surface area contributed by atoms with E-state index in [1.807, 2.05) is 26.0 Å². The van der Waals surface area contributed by atoms with Crippen LogP contribution in [0.1, 0.15) is 33.5 Å². The number of hydrogen-bond acceptors (Lipinski definition) is 5. The SMILES string of the molecule is Cc1ccc(C(=O)NCCCN2CCN(C)CC2)cc1S(=O)(=O)Nc1cccc(C)c1C. The number of hydrogen-bond donors (Lipinski definition) is 2. The van der Waals surface area contributed by atoms with E-state index in [0.29, 0.717) is 23.4 Å². The first-order valence-electron chi connectivity index (χ1n) is 11.1. The summed E-state index contributed by atoms with van der Waals surface area (Å²) in [5.74, 6) is -0.258. The van der Waals surface area contributed by atoms with E-state index >= 15 is 0 Å². The standard InChI is InChI=1S/C24H34N4O3S/c1-18-7-5-8-22(20(18)3)26-32(30,31)23-17-21(10-9-19(23)2)24(29)25-11-6-12-28-15-13-27(4)14-16-28/h5,7-10,17,26H,6,11-16H2,1-4H3,(H,25,29). The number of nitrogens with zero attached hydrogens (tertiary/aromatic N) is 2. The topological polar surface area (TPSA) is 81.8 Å². The van der Waals surface area contributed by atoms with E-state index in [1.54, 1.807) is 25.1 Å². The molecule has 2 aromatic carbocycles. The molecular weight excluding hydrogens is 424 g/mol. The third-order valence-electron chi connectivity index (χ3n) is 6.12. The number of likely N-dealkylation sites (N-methyl/N-ethyl adjacent to an activating group) is 1. The fourth-order valence-electron chi connectivity index (χ4n) is 3.77. The summed E-state index contributed by atoms with van der Waals surface area (Å²) in [5.41, 5.74) is 3.36. The van der Waals surface area contributed by atoms with E-state index in [-0.39, 0.29) is 10.8 Å². The van der Waals surface area contributed by atoms with Crippen molar-refractivity contribution < 1.29 is 13.2 Å². The number of rotatable bonds is 8. The van der Waals surface area contributed by atoms with Gasteiger partial charge in [0.25, 0.3) is 15.9 Å². The van der Waals surface area contributed by atoms with Gasteiger partial charge in [0.05, 0.1) is 10.6 Å². The van der Waals surface area contributed by atoms with Gasteiger partial charge in [-0.1, -0.05) is 18.2 Å². The van der Waals surface area contributed by atoms with E-state index in [0.717, 1.165) is 50.3 Å². The maximum Gasteiger partial charge on any atom is 0.262 e. The van der Waals surface area contributed by atoms with Crippen molar-refractivity contribution in [3.63, 3.8) is 0 Å². The van der Waals surface area contributed by atoms with Crippen molar-refractivity contribution in [2.45, 2.75) is 32.1 Å². The predicted octanol–water partition coefficient (Wildman–Crippen LogP) is 2.78. The highest BCUT2D eigenvalue weighted by Gasteiger charge is 2.20. The lowest BCUT2D eigenvalue weighted by molar-refractivity contribution is 0.0949. The molecule has 0 aromatic heterocycles. The Balaban J connectivity index is 1.62. The van der Waals surface area contributed by atoms with E-state index < -0.39 is 10.0 Å². The van der Waals surface area contributed by atoms with Crippen molar-refractivity contribution in [2.24, 2.45) is 0 Å². The van der Waals surface area contributed by atoms with Gasteiger partial charge >= 0.3 is 0 Å². The van der Waals surface area contributed by atoms with Crippen LogP contribution in [-0.2, 0) is 10.0 Å². The molecule has 0 spiro atoms. The minimum absolute atomic E-state index is 0.114. The third-order valence-corrected chi connectivity index (χ3v) is 7.63. The van der Waals surface area contributed by atoms with Gasteiger partial charge in [0.1, 0.15) is 0 Å². The summed E-state index contributed by atoms with van der Waals surface area (Å²) in [4.78, 5) is 17.5. The molecule has 1 fully saturated rings. The summed E-state index contributed by atoms with van der Waals surface area (Å²) in [6.07, 6.45) is 0.862. The van der Waals surface area contributed by atoms with E-state index in [4.69, 9.17) is 0 Å². The Bertz CT molecular complexity index is 1060. The highest BCUT2D eigenvalue weighted by Crippen LogP contribution is 2.24. The highest BCUT2D eigenvalue weighted by molar-refractivity contribution is 7.92. The molecule has 1 heterocycles. The number of amides is 1. The second-order valence-corrected chi connectivity index (χ2v) is 10.2. The summed E-state index contributed by atoms with van der Waals surface area (Å²) in [6.45, 7) is 11.3. The molecule has 2 aromatic rings. The van der Waals surface area contributed by atoms with Crippen LogP contribution in [0.2, 0.25) is 0 Å². The van der Waals surface area contributed by atoms with Crippen LogP contribution in [0.4, 0.5) is 5.69 Å². The minimum atomic E-state index is -3.82. The molecule has 0 atom stereocenters. The molecule has 1 aliphatic heterocycles. The van der Waals surface area contributed by atoms with Crippen molar-refractivity contribution >= 4 is 21.6 Å². The molecule has 0 aliphatic carbocycles. The summed E-state index contributed by atoms with van der Waals surface area (Å²) in [7, 11) is -1.69. The lowest BCUT2D eigenvalue weighted by Gasteiger charge is -2.32. The Hall–Kier alpha value is -2.42. The smallest absolute Gasteiger partial charge is 0.262 e. The number of carbonyl (C=O) groups is 1. The lowest BCUT2D eigenvalue weighted by atomic mass is 10.1. The van der Waals surface area contributed by atoms with Crippen LogP contribution in [0, 0.1) is 20.8 Å². The van der Waals surface area contributed by atoms with Crippen LogP contribution in [-0.4, -0.2) is 70.4 Å². The maximum absolute atomic E-state index is 13.1. The summed E-state index contributed by atoms with van der Waals surface area (Å²) in [5, 5.41) is 2.92. The molecule has 8 heteroatoms. The van der Waals surface area contributed by atoms with Crippen LogP contribution in [0.15, 0.2) is 41.3 Å². The lowest BCUT2D eigenvalue weighted by Crippen LogP contribution is -2.45. The maximum atomic E-state index is 13.1. The first-order chi connectivity index (χ1) is 15.2. The number of benzene rings is 2. The van der Waals surface area contributed by atoms with Gasteiger partial charge < -0.3 is 15.1 Å². The number of nitrogens with one attached hydrogen (secondary N) is 2. The molecule has 7 nitrogen and oxygen atoms in total. The predicted molar refractivity (Wildman–Crippen MR) is 129 cm³/mol. The van der Waals surface area contributed by atoms with E-state index in [9.17, 15) is 13.2 Å². The first-order valence-corrected chi connectivity index (χ1v) is 12.5. The number of aryl methyl sites for hydroxylation is 2. The first kappa shape index (κ1) is 24.2. The Kier molecular flexibility index (Phi) is 7.92. The Morgan fingerprint density at radius 2 is 1.72 bits per heavy atom. The van der Waals surface area contributed by atoms with Crippen molar-refractivity contribution in [3.05, 3.63) is 58.7 Å². The zero-order valence-electron chi connectivity index (χ0n) is 19.4. The Morgan fingerprint density at radius 3 is 2.44 bits per heavy atom. The molecule has 0 bridgehead atoms. The van der Waals surface area contributed by atoms with Gasteiger partial charge in [0.2, 0.25) is 0 Å². The fourth-order valence-corrected chi connectivity index (χ4v) is 5.17. The average Bonchev–Trinajstić information content (AvgIpc) is 2.75. The fraction of sp³-hybridized carbons (Fsp3) is 0.458. The van der Waals surface area contributed by atoms with Crippen molar-refractivity contribution in [1.29, 1.82) is 0 Å². The largest absolute Gasteiger partial charge is 0.352 e. The van der Waals surface area contributed by atoms with Crippen LogP contribution >= 0.6 is 0 Å². The molecule has 32 heavy (non-hydrogen) atoms. The second-order valence-electron chi connectivity index (χ2n) is 8.59. The Labute approximate surface area is 191 Å². The van der Waals surface area contributed by atoms with Gasteiger partial charge in [-0.15, -0.1) is 0 Å². The van der Waals surface area contributed by atoms with E-state index in [2.05, 4.69) is 26.9 Å². The van der Waals surface area contributed by atoms with Crippen molar-refractivity contribution in [2.75, 3.05) is 51.0 Å². The van der Waals surface area contributed by atoms with Gasteiger partial charge in [-0.25, -0.2) is 8.42 Å². The van der Waals surface area contributed by atoms with Crippen LogP contribution < -0.4 is 10.0 Å². The number of carbonyl (C=O) groups excluding carboxylic acids is 1. The third kappa shape index (κ3) is 6.09. The normalized spacial score (nSPS) is 15.5. The molecule has 2 N–H and O–H groups in total. The molecule has 0 radical (unpaired) electrons. The van der Waals surface area contributed by atoms with Gasteiger partial charge in [0.15, 0.2) is 0 Å². The zero-order valence-corrected chi connectivity index (χ0v) is 20.3. The van der Waals surface area contributed by atoms with Gasteiger partial charge in [0, 0.05) is 38.3 Å². The van der Waals surface area contributed by atoms with Gasteiger partial charge in [-0.3, -0.25) is 9.52 Å². The average molecular weight is 459 g/mol. The molecule has 0 unspecified atom stereocenters. The van der Waals surface area contributed by atoms with Gasteiger partial charge in [-0.2, -0.15) is 0 Å². The molecular formula is C24H34N4O3S. The molecule has 0 saturated carbocycles.